The highest BCUT2D eigenvalue weighted by Crippen LogP contribution is 2.33. The van der Waals surface area contributed by atoms with Crippen LogP contribution >= 0.6 is 11.6 Å². The van der Waals surface area contributed by atoms with Crippen molar-refractivity contribution in [3.8, 4) is 11.1 Å². The topological polar surface area (TPSA) is 12.0 Å². The molecule has 0 bridgehead atoms. The summed E-state index contributed by atoms with van der Waals surface area (Å²) in [5.74, 6) is -0.216. The molecule has 0 aliphatic carbocycles. The van der Waals surface area contributed by atoms with Crippen molar-refractivity contribution in [1.29, 1.82) is 0 Å². The summed E-state index contributed by atoms with van der Waals surface area (Å²) in [5.41, 5.74) is 5.25. The predicted molar refractivity (Wildman–Crippen MR) is 88.3 cm³/mol. The molecule has 1 nitrogen and oxygen atoms in total. The molecule has 0 aromatic heterocycles. The number of rotatable bonds is 5. The third-order valence-corrected chi connectivity index (χ3v) is 4.00. The van der Waals surface area contributed by atoms with E-state index in [0.717, 1.165) is 35.2 Å². The first-order valence-electron chi connectivity index (χ1n) is 7.29. The van der Waals surface area contributed by atoms with E-state index in [9.17, 15) is 4.39 Å². The Bertz CT molecular complexity index is 637. The zero-order valence-corrected chi connectivity index (χ0v) is 13.5. The van der Waals surface area contributed by atoms with Crippen molar-refractivity contribution in [2.75, 3.05) is 6.54 Å². The molecular formula is C18H21ClFN. The van der Waals surface area contributed by atoms with Gasteiger partial charge in [-0.15, -0.1) is 0 Å². The van der Waals surface area contributed by atoms with Crippen LogP contribution in [0.25, 0.3) is 11.1 Å². The maximum Gasteiger partial charge on any atom is 0.123 e. The third-order valence-electron chi connectivity index (χ3n) is 3.68. The molecule has 0 aliphatic heterocycles. The summed E-state index contributed by atoms with van der Waals surface area (Å²) >= 11 is 6.39. The molecule has 0 heterocycles. The molecule has 2 rings (SSSR count). The van der Waals surface area contributed by atoms with Gasteiger partial charge in [-0.1, -0.05) is 24.6 Å². The average Bonchev–Trinajstić information content (AvgIpc) is 2.44. The number of hydrogen-bond donors (Lipinski definition) is 1. The second-order valence-electron chi connectivity index (χ2n) is 5.39. The summed E-state index contributed by atoms with van der Waals surface area (Å²) in [7, 11) is 0. The molecule has 21 heavy (non-hydrogen) atoms. The van der Waals surface area contributed by atoms with Crippen LogP contribution in [0, 0.1) is 19.7 Å². The Morgan fingerprint density at radius 2 is 1.76 bits per heavy atom. The van der Waals surface area contributed by atoms with Gasteiger partial charge < -0.3 is 5.32 Å². The second-order valence-corrected chi connectivity index (χ2v) is 5.80. The smallest absolute Gasteiger partial charge is 0.123 e. The van der Waals surface area contributed by atoms with E-state index < -0.39 is 0 Å². The summed E-state index contributed by atoms with van der Waals surface area (Å²) < 4.78 is 13.6. The summed E-state index contributed by atoms with van der Waals surface area (Å²) in [5, 5.41) is 4.03. The van der Waals surface area contributed by atoms with Crippen LogP contribution in [0.15, 0.2) is 30.3 Å². The zero-order valence-electron chi connectivity index (χ0n) is 12.8. The second kappa shape index (κ2) is 7.06. The van der Waals surface area contributed by atoms with E-state index in [1.807, 2.05) is 19.1 Å². The lowest BCUT2D eigenvalue weighted by Gasteiger charge is -2.14. The van der Waals surface area contributed by atoms with Gasteiger partial charge in [0.05, 0.1) is 0 Å². The quantitative estimate of drug-likeness (QED) is 0.743. The fourth-order valence-corrected chi connectivity index (χ4v) is 2.68. The van der Waals surface area contributed by atoms with E-state index in [0.29, 0.717) is 11.6 Å². The van der Waals surface area contributed by atoms with Crippen LogP contribution < -0.4 is 5.32 Å². The molecule has 1 N–H and O–H groups in total. The Labute approximate surface area is 131 Å². The Morgan fingerprint density at radius 3 is 2.48 bits per heavy atom. The van der Waals surface area contributed by atoms with E-state index >= 15 is 0 Å². The van der Waals surface area contributed by atoms with E-state index in [4.69, 9.17) is 11.6 Å². The number of benzene rings is 2. The van der Waals surface area contributed by atoms with Crippen molar-refractivity contribution in [2.24, 2.45) is 0 Å². The van der Waals surface area contributed by atoms with Gasteiger partial charge >= 0.3 is 0 Å². The molecule has 0 atom stereocenters. The highest BCUT2D eigenvalue weighted by Gasteiger charge is 2.11. The summed E-state index contributed by atoms with van der Waals surface area (Å²) in [6.07, 6.45) is 1.05. The van der Waals surface area contributed by atoms with Crippen LogP contribution in [0.3, 0.4) is 0 Å². The standard InChI is InChI=1S/C18H21ClFN/c1-4-7-21-11-14-10-15(20)5-6-16(14)17-8-12(2)13(3)9-18(17)19/h5-6,8-10,21H,4,7,11H2,1-3H3. The predicted octanol–water partition coefficient (Wildman–Crippen LogP) is 5.26. The Balaban J connectivity index is 2.45. The van der Waals surface area contributed by atoms with Gasteiger partial charge in [-0.25, -0.2) is 4.39 Å². The summed E-state index contributed by atoms with van der Waals surface area (Å²) in [6.45, 7) is 7.77. The van der Waals surface area contributed by atoms with Crippen LogP contribution in [0.5, 0.6) is 0 Å². The monoisotopic (exact) mass is 305 g/mol. The molecule has 2 aromatic rings. The first kappa shape index (κ1) is 16.0. The summed E-state index contributed by atoms with van der Waals surface area (Å²) in [6, 6.07) is 8.94. The van der Waals surface area contributed by atoms with Crippen molar-refractivity contribution >= 4 is 11.6 Å². The molecule has 0 fully saturated rings. The maximum atomic E-state index is 13.6. The largest absolute Gasteiger partial charge is 0.313 e. The van der Waals surface area contributed by atoms with Gasteiger partial charge in [-0.05, 0) is 73.3 Å². The number of nitrogens with one attached hydrogen (secondary N) is 1. The average molecular weight is 306 g/mol. The fraction of sp³-hybridized carbons (Fsp3) is 0.333. The molecule has 3 heteroatoms. The molecule has 0 aliphatic rings. The Hall–Kier alpha value is -1.38. The lowest BCUT2D eigenvalue weighted by Crippen LogP contribution is -2.14. The lowest BCUT2D eigenvalue weighted by molar-refractivity contribution is 0.619. The lowest BCUT2D eigenvalue weighted by atomic mass is 9.96. The first-order valence-corrected chi connectivity index (χ1v) is 7.67. The third kappa shape index (κ3) is 3.84. The van der Waals surface area contributed by atoms with E-state index in [-0.39, 0.29) is 5.82 Å². The SMILES string of the molecule is CCCNCc1cc(F)ccc1-c1cc(C)c(C)cc1Cl. The number of hydrogen-bond acceptors (Lipinski definition) is 1. The van der Waals surface area contributed by atoms with Crippen LogP contribution in [-0.4, -0.2) is 6.54 Å². The van der Waals surface area contributed by atoms with Gasteiger partial charge in [-0.2, -0.15) is 0 Å². The van der Waals surface area contributed by atoms with Crippen LogP contribution in [-0.2, 0) is 6.54 Å². The molecular weight excluding hydrogens is 285 g/mol. The van der Waals surface area contributed by atoms with Crippen LogP contribution in [0.4, 0.5) is 4.39 Å². The Morgan fingerprint density at radius 1 is 1.05 bits per heavy atom. The minimum absolute atomic E-state index is 0.216. The van der Waals surface area contributed by atoms with Crippen molar-refractivity contribution in [1.82, 2.24) is 5.32 Å². The van der Waals surface area contributed by atoms with Gasteiger partial charge in [0.1, 0.15) is 5.82 Å². The molecule has 0 spiro atoms. The maximum absolute atomic E-state index is 13.6. The van der Waals surface area contributed by atoms with Gasteiger partial charge in [0, 0.05) is 17.1 Å². The molecule has 0 saturated heterocycles. The van der Waals surface area contributed by atoms with E-state index in [1.165, 1.54) is 11.6 Å². The molecule has 0 saturated carbocycles. The Kier molecular flexibility index (Phi) is 5.38. The summed E-state index contributed by atoms with van der Waals surface area (Å²) in [4.78, 5) is 0. The highest BCUT2D eigenvalue weighted by molar-refractivity contribution is 6.33. The van der Waals surface area contributed by atoms with Crippen molar-refractivity contribution in [2.45, 2.75) is 33.7 Å². The molecule has 0 unspecified atom stereocenters. The van der Waals surface area contributed by atoms with E-state index in [2.05, 4.69) is 25.2 Å². The van der Waals surface area contributed by atoms with Gasteiger partial charge in [-0.3, -0.25) is 0 Å². The minimum atomic E-state index is -0.216. The van der Waals surface area contributed by atoms with E-state index in [1.54, 1.807) is 6.07 Å². The zero-order chi connectivity index (χ0) is 15.4. The minimum Gasteiger partial charge on any atom is -0.313 e. The van der Waals surface area contributed by atoms with Crippen molar-refractivity contribution in [3.63, 3.8) is 0 Å². The molecule has 112 valence electrons. The first-order chi connectivity index (χ1) is 10.0. The van der Waals surface area contributed by atoms with Crippen LogP contribution in [0.1, 0.15) is 30.0 Å². The molecule has 0 radical (unpaired) electrons. The van der Waals surface area contributed by atoms with Crippen molar-refractivity contribution in [3.05, 3.63) is 57.9 Å². The van der Waals surface area contributed by atoms with Crippen molar-refractivity contribution < 1.29 is 4.39 Å². The molecule has 2 aromatic carbocycles. The van der Waals surface area contributed by atoms with Gasteiger partial charge in [0.15, 0.2) is 0 Å². The number of halogens is 2. The highest BCUT2D eigenvalue weighted by atomic mass is 35.5. The number of aryl methyl sites for hydroxylation is 2. The normalized spacial score (nSPS) is 10.9. The van der Waals surface area contributed by atoms with Gasteiger partial charge in [0.2, 0.25) is 0 Å². The van der Waals surface area contributed by atoms with Crippen LogP contribution in [0.2, 0.25) is 5.02 Å². The fourth-order valence-electron chi connectivity index (χ4n) is 2.36. The molecule has 0 amide bonds. The van der Waals surface area contributed by atoms with Gasteiger partial charge in [0.25, 0.3) is 0 Å².